The van der Waals surface area contributed by atoms with Gasteiger partial charge in [0.25, 0.3) is 10.1 Å². The van der Waals surface area contributed by atoms with Gasteiger partial charge in [0.05, 0.1) is 22.5 Å². The molecule has 0 fully saturated rings. The summed E-state index contributed by atoms with van der Waals surface area (Å²) in [6.45, 7) is 9.67. The summed E-state index contributed by atoms with van der Waals surface area (Å²) in [5.41, 5.74) is 11.6. The number of carbonyl (C=O) groups excluding carboxylic acids is 2. The van der Waals surface area contributed by atoms with Crippen molar-refractivity contribution in [2.75, 3.05) is 18.8 Å². The van der Waals surface area contributed by atoms with Crippen LogP contribution in [0.5, 0.6) is 0 Å². The Balaban J connectivity index is 0.000000768. The Labute approximate surface area is 267 Å². The highest BCUT2D eigenvalue weighted by Gasteiger charge is 2.36. The highest BCUT2D eigenvalue weighted by atomic mass is 32.2. The number of hydroxylamine groups is 1. The van der Waals surface area contributed by atoms with E-state index in [2.05, 4.69) is 5.43 Å². The van der Waals surface area contributed by atoms with E-state index in [0.717, 1.165) is 15.5 Å². The fraction of sp³-hybridized carbons (Fsp3) is 0.484. The molecule has 0 bridgehead atoms. The third-order valence-electron chi connectivity index (χ3n) is 6.52. The second-order valence-corrected chi connectivity index (χ2v) is 14.9. The highest BCUT2D eigenvalue weighted by molar-refractivity contribution is 7.89. The quantitative estimate of drug-likeness (QED) is 0.100. The molecule has 6 N–H and O–H groups in total. The van der Waals surface area contributed by atoms with Crippen molar-refractivity contribution in [2.45, 2.75) is 58.8 Å². The van der Waals surface area contributed by atoms with Crippen LogP contribution in [-0.2, 0) is 29.7 Å². The molecule has 0 saturated heterocycles. The van der Waals surface area contributed by atoms with E-state index in [1.165, 1.54) is 12.1 Å². The summed E-state index contributed by atoms with van der Waals surface area (Å²) in [4.78, 5) is 25.9. The SMILES string of the molecule is CC(C)C[C@@H](C(=O)NN(CC(C)C)S(=O)(=O)CCCN)[C@H](C/C=C/c1ccccc1)C(=O)NO.Cc1ccc(S(=O)(=O)O)cc1. The normalized spacial score (nSPS) is 13.4. The summed E-state index contributed by atoms with van der Waals surface area (Å²) in [6, 6.07) is 15.5. The molecule has 0 heterocycles. The second kappa shape index (κ2) is 19.4. The maximum absolute atomic E-state index is 13.4. The van der Waals surface area contributed by atoms with E-state index in [1.54, 1.807) is 23.7 Å². The number of hydrogen-bond donors (Lipinski definition) is 5. The van der Waals surface area contributed by atoms with Crippen LogP contribution >= 0.6 is 0 Å². The van der Waals surface area contributed by atoms with E-state index in [9.17, 15) is 31.6 Å². The summed E-state index contributed by atoms with van der Waals surface area (Å²) in [7, 11) is -7.80. The Morgan fingerprint density at radius 3 is 2.00 bits per heavy atom. The number of allylic oxidation sites excluding steroid dienone is 1. The first kappa shape index (κ1) is 39.9. The van der Waals surface area contributed by atoms with Crippen LogP contribution in [0.4, 0.5) is 0 Å². The predicted molar refractivity (Wildman–Crippen MR) is 175 cm³/mol. The zero-order valence-electron chi connectivity index (χ0n) is 26.6. The van der Waals surface area contributed by atoms with Crippen LogP contribution in [0.3, 0.4) is 0 Å². The third kappa shape index (κ3) is 15.1. The lowest BCUT2D eigenvalue weighted by molar-refractivity contribution is -0.141. The van der Waals surface area contributed by atoms with E-state index in [4.69, 9.17) is 10.3 Å². The molecule has 14 heteroatoms. The van der Waals surface area contributed by atoms with E-state index in [1.807, 2.05) is 71.0 Å². The maximum atomic E-state index is 13.4. The van der Waals surface area contributed by atoms with E-state index >= 15 is 0 Å². The van der Waals surface area contributed by atoms with Gasteiger partial charge in [-0.15, -0.1) is 4.41 Å². The molecule has 2 atom stereocenters. The zero-order chi connectivity index (χ0) is 34.2. The summed E-state index contributed by atoms with van der Waals surface area (Å²) in [6.07, 6.45) is 4.41. The summed E-state index contributed by atoms with van der Waals surface area (Å²) < 4.78 is 56.2. The second-order valence-electron chi connectivity index (χ2n) is 11.5. The number of nitrogens with one attached hydrogen (secondary N) is 2. The fourth-order valence-corrected chi connectivity index (χ4v) is 6.25. The largest absolute Gasteiger partial charge is 0.330 e. The molecule has 2 amide bonds. The number of aryl methyl sites for hydroxylation is 1. The molecule has 0 aliphatic carbocycles. The van der Waals surface area contributed by atoms with Gasteiger partial charge < -0.3 is 5.73 Å². The van der Waals surface area contributed by atoms with Gasteiger partial charge in [-0.2, -0.15) is 8.42 Å². The Hall–Kier alpha value is -3.14. The Kier molecular flexibility index (Phi) is 17.2. The molecule has 2 rings (SSSR count). The lowest BCUT2D eigenvalue weighted by Gasteiger charge is -2.30. The molecule has 0 aliphatic rings. The maximum Gasteiger partial charge on any atom is 0.294 e. The van der Waals surface area contributed by atoms with Gasteiger partial charge in [-0.05, 0) is 62.3 Å². The summed E-state index contributed by atoms with van der Waals surface area (Å²) in [5, 5.41) is 9.34. The minimum absolute atomic E-state index is 0.0400. The van der Waals surface area contributed by atoms with Crippen LogP contribution in [0.15, 0.2) is 65.6 Å². The number of rotatable bonds is 16. The van der Waals surface area contributed by atoms with Crippen molar-refractivity contribution in [3.8, 4) is 0 Å². The van der Waals surface area contributed by atoms with Gasteiger partial charge in [0, 0.05) is 6.54 Å². The smallest absolute Gasteiger partial charge is 0.294 e. The van der Waals surface area contributed by atoms with Gasteiger partial charge in [-0.25, -0.2) is 13.9 Å². The Morgan fingerprint density at radius 1 is 0.911 bits per heavy atom. The van der Waals surface area contributed by atoms with Crippen LogP contribution in [0.1, 0.15) is 58.1 Å². The van der Waals surface area contributed by atoms with Gasteiger partial charge in [0.2, 0.25) is 21.8 Å². The predicted octanol–water partition coefficient (Wildman–Crippen LogP) is 3.78. The third-order valence-corrected chi connectivity index (χ3v) is 9.11. The van der Waals surface area contributed by atoms with Gasteiger partial charge >= 0.3 is 0 Å². The number of sulfonamides is 1. The molecule has 0 spiro atoms. The van der Waals surface area contributed by atoms with Crippen molar-refractivity contribution in [2.24, 2.45) is 29.4 Å². The molecule has 45 heavy (non-hydrogen) atoms. The van der Waals surface area contributed by atoms with Gasteiger partial charge in [-0.3, -0.25) is 24.8 Å². The number of carbonyl (C=O) groups is 2. The van der Waals surface area contributed by atoms with Crippen LogP contribution in [0.2, 0.25) is 0 Å². The molecule has 0 saturated carbocycles. The van der Waals surface area contributed by atoms with Gasteiger partial charge in [0.15, 0.2) is 0 Å². The number of hydrogen-bond acceptors (Lipinski definition) is 8. The van der Waals surface area contributed by atoms with Gasteiger partial charge in [-0.1, -0.05) is 87.9 Å². The first-order valence-corrected chi connectivity index (χ1v) is 17.8. The summed E-state index contributed by atoms with van der Waals surface area (Å²) >= 11 is 0. The Morgan fingerprint density at radius 2 is 1.51 bits per heavy atom. The molecular weight excluding hydrogens is 620 g/mol. The zero-order valence-corrected chi connectivity index (χ0v) is 28.2. The van der Waals surface area contributed by atoms with Crippen molar-refractivity contribution in [3.05, 3.63) is 71.8 Å². The van der Waals surface area contributed by atoms with Crippen molar-refractivity contribution >= 4 is 38.0 Å². The van der Waals surface area contributed by atoms with Gasteiger partial charge in [0.1, 0.15) is 0 Å². The fourth-order valence-electron chi connectivity index (χ4n) is 4.27. The van der Waals surface area contributed by atoms with Crippen molar-refractivity contribution in [1.29, 1.82) is 0 Å². The number of nitrogens with zero attached hydrogens (tertiary/aromatic N) is 1. The van der Waals surface area contributed by atoms with Crippen LogP contribution in [-0.4, -0.2) is 61.7 Å². The molecule has 0 aromatic heterocycles. The van der Waals surface area contributed by atoms with Crippen LogP contribution in [0, 0.1) is 30.6 Å². The summed E-state index contributed by atoms with van der Waals surface area (Å²) in [5.74, 6) is -3.19. The molecule has 0 unspecified atom stereocenters. The molecule has 0 radical (unpaired) electrons. The lowest BCUT2D eigenvalue weighted by Crippen LogP contribution is -2.52. The van der Waals surface area contributed by atoms with Crippen LogP contribution < -0.4 is 16.6 Å². The number of benzene rings is 2. The molecule has 2 aromatic rings. The minimum Gasteiger partial charge on any atom is -0.330 e. The van der Waals surface area contributed by atoms with E-state index in [-0.39, 0.29) is 48.4 Å². The molecule has 0 aliphatic heterocycles. The van der Waals surface area contributed by atoms with Crippen molar-refractivity contribution in [3.63, 3.8) is 0 Å². The molecule has 252 valence electrons. The Bertz CT molecular complexity index is 1430. The van der Waals surface area contributed by atoms with Crippen LogP contribution in [0.25, 0.3) is 6.08 Å². The van der Waals surface area contributed by atoms with Crippen molar-refractivity contribution < 1.29 is 36.2 Å². The minimum atomic E-state index is -4.02. The average Bonchev–Trinajstić information content (AvgIpc) is 2.97. The molecule has 2 aromatic carbocycles. The number of amides is 2. The van der Waals surface area contributed by atoms with E-state index < -0.39 is 43.8 Å². The average molecular weight is 669 g/mol. The number of nitrogens with two attached hydrogens (primary N) is 1. The highest BCUT2D eigenvalue weighted by Crippen LogP contribution is 2.26. The van der Waals surface area contributed by atoms with Crippen molar-refractivity contribution in [1.82, 2.24) is 15.3 Å². The first-order chi connectivity index (χ1) is 21.0. The number of hydrazine groups is 1. The monoisotopic (exact) mass is 668 g/mol. The molecule has 12 nitrogen and oxygen atoms in total. The lowest BCUT2D eigenvalue weighted by atomic mass is 9.82. The standard InChI is InChI=1S/C24H40N4O5S.C7H8O3S/c1-18(2)16-22(21(24(30)27-31)13-8-12-20-10-6-5-7-11-20)23(29)26-28(17-19(3)4)34(32,33)15-9-14-25;1-6-2-4-7(5-3-6)11(8,9)10/h5-8,10-12,18-19,21-22,31H,9,13-17,25H2,1-4H3,(H,26,29)(H,27,30);2-5H,1H3,(H,8,9,10)/b12-8+;/t21-,22+;/m0./s1. The topological polar surface area (TPSA) is 196 Å². The first-order valence-electron chi connectivity index (χ1n) is 14.7. The molecular formula is C31H48N4O8S2. The van der Waals surface area contributed by atoms with E-state index in [0.29, 0.717) is 6.42 Å².